The Morgan fingerprint density at radius 3 is 2.65 bits per heavy atom. The molecular weight excluding hydrogens is 396 g/mol. The Morgan fingerprint density at radius 2 is 1.97 bits per heavy atom. The number of aliphatic carboxylic acids is 1. The molecule has 1 aliphatic carbocycles. The van der Waals surface area contributed by atoms with Gasteiger partial charge in [0.25, 0.3) is 5.91 Å². The van der Waals surface area contributed by atoms with Gasteiger partial charge in [-0.2, -0.15) is 5.10 Å². The Morgan fingerprint density at radius 1 is 1.13 bits per heavy atom. The largest absolute Gasteiger partial charge is 0.487 e. The van der Waals surface area contributed by atoms with Crippen LogP contribution in [0.3, 0.4) is 0 Å². The van der Waals surface area contributed by atoms with E-state index < -0.39 is 5.97 Å². The van der Waals surface area contributed by atoms with Crippen molar-refractivity contribution >= 4 is 11.9 Å². The topological polar surface area (TPSA) is 117 Å². The number of aromatic nitrogens is 3. The van der Waals surface area contributed by atoms with Gasteiger partial charge in [-0.15, -0.1) is 0 Å². The summed E-state index contributed by atoms with van der Waals surface area (Å²) in [6.45, 7) is 0.315. The van der Waals surface area contributed by atoms with Crippen LogP contribution >= 0.6 is 0 Å². The molecule has 2 heterocycles. The molecule has 3 N–H and O–H groups in total. The maximum atomic E-state index is 12.6. The average molecular weight is 420 g/mol. The van der Waals surface area contributed by atoms with Gasteiger partial charge in [0.05, 0.1) is 23.5 Å². The van der Waals surface area contributed by atoms with E-state index in [4.69, 9.17) is 9.84 Å². The van der Waals surface area contributed by atoms with Crippen molar-refractivity contribution in [3.8, 4) is 17.1 Å². The van der Waals surface area contributed by atoms with Crippen molar-refractivity contribution < 1.29 is 19.4 Å². The SMILES string of the molecule is O=C(N[C@H]1CC[C@H](C(=O)O)CC1)c1cccc(COc2ccc(-c3ccn[nH]3)nc2)c1. The molecule has 4 rings (SSSR count). The molecule has 8 nitrogen and oxygen atoms in total. The summed E-state index contributed by atoms with van der Waals surface area (Å²) in [5.74, 6) is -0.556. The molecular formula is C23H24N4O4. The molecule has 2 aromatic heterocycles. The fraction of sp³-hybridized carbons (Fsp3) is 0.304. The molecule has 0 spiro atoms. The van der Waals surface area contributed by atoms with Crippen LogP contribution < -0.4 is 10.1 Å². The van der Waals surface area contributed by atoms with Gasteiger partial charge in [-0.3, -0.25) is 19.7 Å². The lowest BCUT2D eigenvalue weighted by atomic mass is 9.86. The third kappa shape index (κ3) is 5.28. The van der Waals surface area contributed by atoms with Crippen LogP contribution in [0.1, 0.15) is 41.6 Å². The molecule has 31 heavy (non-hydrogen) atoms. The number of amides is 1. The van der Waals surface area contributed by atoms with Crippen LogP contribution in [0.15, 0.2) is 54.9 Å². The molecule has 1 saturated carbocycles. The lowest BCUT2D eigenvalue weighted by Gasteiger charge is -2.26. The highest BCUT2D eigenvalue weighted by Gasteiger charge is 2.26. The van der Waals surface area contributed by atoms with Crippen molar-refractivity contribution in [3.63, 3.8) is 0 Å². The first-order chi connectivity index (χ1) is 15.1. The average Bonchev–Trinajstić information content (AvgIpc) is 3.34. The van der Waals surface area contributed by atoms with Gasteiger partial charge in [0, 0.05) is 17.8 Å². The number of carboxylic acids is 1. The Bertz CT molecular complexity index is 1030. The van der Waals surface area contributed by atoms with E-state index in [1.807, 2.05) is 36.4 Å². The monoisotopic (exact) mass is 420 g/mol. The number of nitrogens with one attached hydrogen (secondary N) is 2. The summed E-state index contributed by atoms with van der Waals surface area (Å²) in [7, 11) is 0. The summed E-state index contributed by atoms with van der Waals surface area (Å²) in [6, 6.07) is 12.9. The minimum atomic E-state index is -0.747. The number of nitrogens with zero attached hydrogens (tertiary/aromatic N) is 2. The summed E-state index contributed by atoms with van der Waals surface area (Å²) < 4.78 is 5.81. The minimum absolute atomic E-state index is 0.0162. The first kappa shape index (κ1) is 20.6. The molecule has 160 valence electrons. The van der Waals surface area contributed by atoms with Crippen molar-refractivity contribution in [1.82, 2.24) is 20.5 Å². The number of pyridine rings is 1. The second-order valence-corrected chi connectivity index (χ2v) is 7.70. The van der Waals surface area contributed by atoms with E-state index in [0.29, 0.717) is 43.6 Å². The van der Waals surface area contributed by atoms with Gasteiger partial charge in [0.1, 0.15) is 12.4 Å². The predicted octanol–water partition coefficient (Wildman–Crippen LogP) is 3.42. The van der Waals surface area contributed by atoms with Crippen molar-refractivity contribution in [2.24, 2.45) is 5.92 Å². The fourth-order valence-electron chi connectivity index (χ4n) is 3.75. The predicted molar refractivity (Wildman–Crippen MR) is 113 cm³/mol. The Labute approximate surface area is 179 Å². The molecule has 3 aromatic rings. The van der Waals surface area contributed by atoms with E-state index >= 15 is 0 Å². The number of carbonyl (C=O) groups excluding carboxylic acids is 1. The van der Waals surface area contributed by atoms with Crippen LogP contribution in [-0.2, 0) is 11.4 Å². The van der Waals surface area contributed by atoms with E-state index in [1.165, 1.54) is 0 Å². The zero-order chi connectivity index (χ0) is 21.6. The van der Waals surface area contributed by atoms with Crippen molar-refractivity contribution in [2.75, 3.05) is 0 Å². The van der Waals surface area contributed by atoms with Gasteiger partial charge in [0.15, 0.2) is 0 Å². The molecule has 0 atom stereocenters. The summed E-state index contributed by atoms with van der Waals surface area (Å²) in [5, 5.41) is 18.9. The Kier molecular flexibility index (Phi) is 6.26. The van der Waals surface area contributed by atoms with Crippen LogP contribution in [0, 0.1) is 5.92 Å². The van der Waals surface area contributed by atoms with Gasteiger partial charge >= 0.3 is 5.97 Å². The maximum Gasteiger partial charge on any atom is 0.306 e. The summed E-state index contributed by atoms with van der Waals surface area (Å²) in [5.41, 5.74) is 3.05. The molecule has 0 bridgehead atoms. The second kappa shape index (κ2) is 9.42. The summed E-state index contributed by atoms with van der Waals surface area (Å²) >= 11 is 0. The van der Waals surface area contributed by atoms with Crippen LogP contribution in [0.5, 0.6) is 5.75 Å². The van der Waals surface area contributed by atoms with E-state index in [1.54, 1.807) is 18.5 Å². The van der Waals surface area contributed by atoms with E-state index in [2.05, 4.69) is 20.5 Å². The highest BCUT2D eigenvalue weighted by Crippen LogP contribution is 2.25. The number of H-pyrrole nitrogens is 1. The van der Waals surface area contributed by atoms with Gasteiger partial charge in [-0.05, 0) is 61.6 Å². The third-order valence-corrected chi connectivity index (χ3v) is 5.52. The van der Waals surface area contributed by atoms with Gasteiger partial charge in [0.2, 0.25) is 0 Å². The summed E-state index contributed by atoms with van der Waals surface area (Å²) in [6.07, 6.45) is 5.90. The zero-order valence-corrected chi connectivity index (χ0v) is 17.0. The summed E-state index contributed by atoms with van der Waals surface area (Å²) in [4.78, 5) is 28.1. The number of carboxylic acid groups (broad SMARTS) is 1. The molecule has 1 aliphatic rings. The van der Waals surface area contributed by atoms with Crippen LogP contribution in [0.2, 0.25) is 0 Å². The molecule has 0 radical (unpaired) electrons. The zero-order valence-electron chi connectivity index (χ0n) is 17.0. The molecule has 0 saturated heterocycles. The van der Waals surface area contributed by atoms with Crippen molar-refractivity contribution in [3.05, 3.63) is 66.0 Å². The molecule has 0 aliphatic heterocycles. The number of hydrogen-bond acceptors (Lipinski definition) is 5. The first-order valence-corrected chi connectivity index (χ1v) is 10.3. The Hall–Kier alpha value is -3.68. The van der Waals surface area contributed by atoms with E-state index in [9.17, 15) is 9.59 Å². The quantitative estimate of drug-likeness (QED) is 0.539. The van der Waals surface area contributed by atoms with Gasteiger partial charge in [-0.1, -0.05) is 12.1 Å². The smallest absolute Gasteiger partial charge is 0.306 e. The molecule has 0 unspecified atom stereocenters. The number of benzene rings is 1. The number of hydrogen-bond donors (Lipinski definition) is 3. The van der Waals surface area contributed by atoms with E-state index in [-0.39, 0.29) is 17.9 Å². The second-order valence-electron chi connectivity index (χ2n) is 7.70. The normalized spacial score (nSPS) is 18.3. The number of carbonyl (C=O) groups is 2. The highest BCUT2D eigenvalue weighted by molar-refractivity contribution is 5.94. The number of rotatable bonds is 7. The highest BCUT2D eigenvalue weighted by atomic mass is 16.5. The fourth-order valence-corrected chi connectivity index (χ4v) is 3.75. The van der Waals surface area contributed by atoms with Gasteiger partial charge in [-0.25, -0.2) is 0 Å². The van der Waals surface area contributed by atoms with E-state index in [0.717, 1.165) is 17.0 Å². The molecule has 8 heteroatoms. The third-order valence-electron chi connectivity index (χ3n) is 5.52. The molecule has 1 fully saturated rings. The maximum absolute atomic E-state index is 12.6. The Balaban J connectivity index is 1.31. The van der Waals surface area contributed by atoms with Crippen LogP contribution in [0.4, 0.5) is 0 Å². The standard InChI is InChI=1S/C23H24N4O4/c28-22(26-18-6-4-16(5-7-18)23(29)30)17-3-1-2-15(12-17)14-31-19-8-9-20(24-13-19)21-10-11-25-27-21/h1-3,8-13,16,18H,4-7,14H2,(H,25,27)(H,26,28)(H,29,30)/t16-,18-. The van der Waals surface area contributed by atoms with Crippen molar-refractivity contribution in [2.45, 2.75) is 38.3 Å². The number of ether oxygens (including phenoxy) is 1. The molecule has 1 aromatic carbocycles. The lowest BCUT2D eigenvalue weighted by Crippen LogP contribution is -2.38. The number of aromatic amines is 1. The van der Waals surface area contributed by atoms with Crippen LogP contribution in [-0.4, -0.2) is 38.2 Å². The minimum Gasteiger partial charge on any atom is -0.487 e. The van der Waals surface area contributed by atoms with Crippen molar-refractivity contribution in [1.29, 1.82) is 0 Å². The van der Waals surface area contributed by atoms with Crippen LogP contribution in [0.25, 0.3) is 11.4 Å². The molecule has 1 amide bonds. The van der Waals surface area contributed by atoms with Gasteiger partial charge < -0.3 is 15.2 Å². The first-order valence-electron chi connectivity index (χ1n) is 10.3. The lowest BCUT2D eigenvalue weighted by molar-refractivity contribution is -0.142.